The van der Waals surface area contributed by atoms with Crippen LogP contribution in [0, 0.1) is 11.3 Å². The number of esters is 1. The van der Waals surface area contributed by atoms with Crippen LogP contribution < -0.4 is 0 Å². The van der Waals surface area contributed by atoms with Crippen molar-refractivity contribution in [3.8, 4) is 0 Å². The van der Waals surface area contributed by atoms with Crippen molar-refractivity contribution in [3.05, 3.63) is 0 Å². The van der Waals surface area contributed by atoms with E-state index in [0.717, 1.165) is 0 Å². The molecule has 2 aliphatic rings. The molecule has 1 saturated carbocycles. The standard InChI is InChI=1S/C12H17NO4/c1-4-16-11(15)12-8(14)5-6-9(12)17-13-10(12)7(2)3/h7,9H,4-6H2,1-3H3. The third-order valence-corrected chi connectivity index (χ3v) is 3.38. The predicted octanol–water partition coefficient (Wildman–Crippen LogP) is 1.31. The lowest BCUT2D eigenvalue weighted by Gasteiger charge is -2.25. The number of hydrogen-bond acceptors (Lipinski definition) is 5. The molecule has 1 aliphatic carbocycles. The number of ether oxygens (including phenoxy) is 1. The number of carbonyl (C=O) groups is 2. The Morgan fingerprint density at radius 1 is 1.65 bits per heavy atom. The highest BCUT2D eigenvalue weighted by molar-refractivity contribution is 6.26. The Morgan fingerprint density at radius 2 is 2.35 bits per heavy atom. The second kappa shape index (κ2) is 4.13. The third-order valence-electron chi connectivity index (χ3n) is 3.38. The van der Waals surface area contributed by atoms with E-state index in [1.165, 1.54) is 0 Å². The second-order valence-corrected chi connectivity index (χ2v) is 4.72. The maximum Gasteiger partial charge on any atom is 0.329 e. The van der Waals surface area contributed by atoms with Gasteiger partial charge in [0.05, 0.1) is 12.3 Å². The highest BCUT2D eigenvalue weighted by Gasteiger charge is 2.65. The molecule has 5 heteroatoms. The van der Waals surface area contributed by atoms with Gasteiger partial charge in [0.25, 0.3) is 0 Å². The molecule has 2 unspecified atom stereocenters. The highest BCUT2D eigenvalue weighted by atomic mass is 16.7. The van der Waals surface area contributed by atoms with Gasteiger partial charge in [-0.2, -0.15) is 0 Å². The molecule has 17 heavy (non-hydrogen) atoms. The molecule has 1 aliphatic heterocycles. The third kappa shape index (κ3) is 1.48. The summed E-state index contributed by atoms with van der Waals surface area (Å²) in [5, 5.41) is 3.94. The summed E-state index contributed by atoms with van der Waals surface area (Å²) in [4.78, 5) is 29.6. The smallest absolute Gasteiger partial charge is 0.329 e. The summed E-state index contributed by atoms with van der Waals surface area (Å²) in [7, 11) is 0. The van der Waals surface area contributed by atoms with E-state index < -0.39 is 17.5 Å². The number of nitrogens with zero attached hydrogens (tertiary/aromatic N) is 1. The van der Waals surface area contributed by atoms with Crippen LogP contribution in [0.2, 0.25) is 0 Å². The zero-order chi connectivity index (χ0) is 12.6. The summed E-state index contributed by atoms with van der Waals surface area (Å²) in [6.07, 6.45) is 0.429. The fourth-order valence-electron chi connectivity index (χ4n) is 2.64. The van der Waals surface area contributed by atoms with Gasteiger partial charge in [-0.1, -0.05) is 19.0 Å². The topological polar surface area (TPSA) is 65.0 Å². The molecule has 0 radical (unpaired) electrons. The zero-order valence-corrected chi connectivity index (χ0v) is 10.4. The lowest BCUT2D eigenvalue weighted by Crippen LogP contribution is -2.50. The molecule has 0 bridgehead atoms. The van der Waals surface area contributed by atoms with E-state index in [4.69, 9.17) is 9.57 Å². The predicted molar refractivity (Wildman–Crippen MR) is 60.5 cm³/mol. The molecular formula is C12H17NO4. The fraction of sp³-hybridized carbons (Fsp3) is 0.750. The van der Waals surface area contributed by atoms with Crippen LogP contribution in [-0.2, 0) is 19.2 Å². The first-order chi connectivity index (χ1) is 8.05. The minimum absolute atomic E-state index is 0.00791. The van der Waals surface area contributed by atoms with Gasteiger partial charge in [-0.3, -0.25) is 9.59 Å². The van der Waals surface area contributed by atoms with E-state index in [1.807, 2.05) is 13.8 Å². The number of carbonyl (C=O) groups excluding carboxylic acids is 2. The van der Waals surface area contributed by atoms with E-state index >= 15 is 0 Å². The number of ketones is 1. The van der Waals surface area contributed by atoms with Crippen LogP contribution in [0.3, 0.4) is 0 Å². The Morgan fingerprint density at radius 3 is 2.94 bits per heavy atom. The minimum atomic E-state index is -1.26. The summed E-state index contributed by atoms with van der Waals surface area (Å²) in [6.45, 7) is 5.78. The normalized spacial score (nSPS) is 31.2. The average molecular weight is 239 g/mol. The monoisotopic (exact) mass is 239 g/mol. The average Bonchev–Trinajstić information content (AvgIpc) is 2.78. The summed E-state index contributed by atoms with van der Waals surface area (Å²) < 4.78 is 5.06. The van der Waals surface area contributed by atoms with Crippen LogP contribution in [0.25, 0.3) is 0 Å². The van der Waals surface area contributed by atoms with E-state index in [-0.39, 0.29) is 18.3 Å². The molecule has 0 aromatic rings. The van der Waals surface area contributed by atoms with Crippen LogP contribution in [0.5, 0.6) is 0 Å². The molecule has 0 aromatic heterocycles. The number of Topliss-reactive ketones (excluding diaryl/α,β-unsaturated/α-hetero) is 1. The van der Waals surface area contributed by atoms with Crippen molar-refractivity contribution in [2.75, 3.05) is 6.61 Å². The number of hydrogen-bond donors (Lipinski definition) is 0. The van der Waals surface area contributed by atoms with Crippen LogP contribution in [-0.4, -0.2) is 30.2 Å². The largest absolute Gasteiger partial charge is 0.465 e. The van der Waals surface area contributed by atoms with Gasteiger partial charge in [0, 0.05) is 6.42 Å². The molecule has 1 fully saturated rings. The summed E-state index contributed by atoms with van der Waals surface area (Å²) in [6, 6.07) is 0. The van der Waals surface area contributed by atoms with Gasteiger partial charge in [0.1, 0.15) is 0 Å². The quantitative estimate of drug-likeness (QED) is 0.550. The van der Waals surface area contributed by atoms with E-state index in [2.05, 4.69) is 5.16 Å². The Hall–Kier alpha value is -1.39. The van der Waals surface area contributed by atoms with Crippen molar-refractivity contribution >= 4 is 17.5 Å². The maximum atomic E-state index is 12.2. The fourth-order valence-corrected chi connectivity index (χ4v) is 2.64. The summed E-state index contributed by atoms with van der Waals surface area (Å²) >= 11 is 0. The van der Waals surface area contributed by atoms with E-state index in [1.54, 1.807) is 6.92 Å². The number of rotatable bonds is 3. The molecule has 0 aromatic carbocycles. The molecule has 94 valence electrons. The second-order valence-electron chi connectivity index (χ2n) is 4.72. The number of oxime groups is 1. The molecule has 1 heterocycles. The van der Waals surface area contributed by atoms with Crippen LogP contribution in [0.1, 0.15) is 33.6 Å². The Kier molecular flexibility index (Phi) is 2.93. The molecule has 0 N–H and O–H groups in total. The van der Waals surface area contributed by atoms with E-state index in [9.17, 15) is 9.59 Å². The molecular weight excluding hydrogens is 222 g/mol. The van der Waals surface area contributed by atoms with Gasteiger partial charge in [-0.05, 0) is 19.3 Å². The Balaban J connectivity index is 2.44. The first-order valence-electron chi connectivity index (χ1n) is 5.99. The molecule has 0 amide bonds. The maximum absolute atomic E-state index is 12.2. The summed E-state index contributed by atoms with van der Waals surface area (Å²) in [5.41, 5.74) is -0.743. The van der Waals surface area contributed by atoms with Crippen molar-refractivity contribution < 1.29 is 19.2 Å². The van der Waals surface area contributed by atoms with Gasteiger partial charge in [-0.25, -0.2) is 0 Å². The van der Waals surface area contributed by atoms with Crippen LogP contribution >= 0.6 is 0 Å². The Bertz CT molecular complexity index is 388. The first-order valence-corrected chi connectivity index (χ1v) is 5.99. The molecule has 2 atom stereocenters. The molecule has 0 saturated heterocycles. The Labute approximate surface area is 100 Å². The van der Waals surface area contributed by atoms with Crippen molar-refractivity contribution in [2.45, 2.75) is 39.7 Å². The van der Waals surface area contributed by atoms with Gasteiger partial charge in [-0.15, -0.1) is 0 Å². The highest BCUT2D eigenvalue weighted by Crippen LogP contribution is 2.45. The van der Waals surface area contributed by atoms with Crippen LogP contribution in [0.4, 0.5) is 0 Å². The lowest BCUT2D eigenvalue weighted by atomic mass is 9.75. The van der Waals surface area contributed by atoms with Gasteiger partial charge in [0.2, 0.25) is 5.41 Å². The lowest BCUT2D eigenvalue weighted by molar-refractivity contribution is -0.158. The van der Waals surface area contributed by atoms with Gasteiger partial charge in [0.15, 0.2) is 11.9 Å². The molecule has 2 rings (SSSR count). The summed E-state index contributed by atoms with van der Waals surface area (Å²) in [5.74, 6) is -0.630. The minimum Gasteiger partial charge on any atom is -0.465 e. The van der Waals surface area contributed by atoms with Crippen molar-refractivity contribution in [1.29, 1.82) is 0 Å². The first kappa shape index (κ1) is 12.1. The van der Waals surface area contributed by atoms with Crippen molar-refractivity contribution in [1.82, 2.24) is 0 Å². The van der Waals surface area contributed by atoms with Crippen LogP contribution in [0.15, 0.2) is 5.16 Å². The SMILES string of the molecule is CCOC(=O)C12C(=O)CCC1ON=C2C(C)C. The van der Waals surface area contributed by atoms with Crippen molar-refractivity contribution in [3.63, 3.8) is 0 Å². The van der Waals surface area contributed by atoms with Crippen molar-refractivity contribution in [2.24, 2.45) is 16.5 Å². The zero-order valence-electron chi connectivity index (χ0n) is 10.4. The molecule has 5 nitrogen and oxygen atoms in total. The van der Waals surface area contributed by atoms with Gasteiger partial charge >= 0.3 is 5.97 Å². The number of fused-ring (bicyclic) bond motifs is 1. The van der Waals surface area contributed by atoms with Gasteiger partial charge < -0.3 is 9.57 Å². The van der Waals surface area contributed by atoms with E-state index in [0.29, 0.717) is 18.6 Å². The molecule has 0 spiro atoms.